The molecule has 0 aliphatic carbocycles. The van der Waals surface area contributed by atoms with Crippen LogP contribution in [0.1, 0.15) is 38.3 Å². The van der Waals surface area contributed by atoms with E-state index in [0.29, 0.717) is 0 Å². The molecule has 1 N–H and O–H groups in total. The molecule has 0 aliphatic heterocycles. The first kappa shape index (κ1) is 14.2. The Morgan fingerprint density at radius 2 is 1.92 bits per heavy atom. The maximum Gasteiger partial charge on any atom is 0.375 e. The van der Waals surface area contributed by atoms with Crippen molar-refractivity contribution in [2.24, 2.45) is 0 Å². The molecule has 0 radical (unpaired) electrons. The third kappa shape index (κ3) is 5.84. The lowest BCUT2D eigenvalue weighted by molar-refractivity contribution is 0.0587. The first-order valence-electron chi connectivity index (χ1n) is 4.28. The van der Waals surface area contributed by atoms with Crippen LogP contribution < -0.4 is 0 Å². The number of aromatic nitrogens is 3. The molecular formula is C8H17N3O2. The van der Waals surface area contributed by atoms with E-state index in [1.54, 1.807) is 0 Å². The highest BCUT2D eigenvalue weighted by Crippen LogP contribution is 1.86. The van der Waals surface area contributed by atoms with Gasteiger partial charge in [-0.05, 0) is 0 Å². The molecule has 0 fully saturated rings. The van der Waals surface area contributed by atoms with E-state index in [2.05, 4.69) is 19.9 Å². The standard InChI is InChI=1S/C4H5N3O2.2C2H6/c1-9-4(8)3-5-2-6-7-3;2*1-2/h2H,1H3,(H,5,6,7);2*1-2H3. The van der Waals surface area contributed by atoms with Gasteiger partial charge in [0.15, 0.2) is 0 Å². The monoisotopic (exact) mass is 187 g/mol. The van der Waals surface area contributed by atoms with Crippen LogP contribution in [0.15, 0.2) is 6.33 Å². The number of rotatable bonds is 1. The van der Waals surface area contributed by atoms with Crippen molar-refractivity contribution in [3.05, 3.63) is 12.2 Å². The first-order chi connectivity index (χ1) is 6.34. The molecule has 1 rings (SSSR count). The predicted octanol–water partition coefficient (Wildman–Crippen LogP) is 1.64. The second kappa shape index (κ2) is 10.6. The summed E-state index contributed by atoms with van der Waals surface area (Å²) in [5.41, 5.74) is 0. The molecule has 5 heteroatoms. The van der Waals surface area contributed by atoms with Crippen molar-refractivity contribution in [2.75, 3.05) is 7.11 Å². The van der Waals surface area contributed by atoms with Crippen molar-refractivity contribution in [2.45, 2.75) is 27.7 Å². The summed E-state index contributed by atoms with van der Waals surface area (Å²) in [7, 11) is 1.28. The Balaban J connectivity index is 0. The van der Waals surface area contributed by atoms with Crippen LogP contribution in [0.25, 0.3) is 0 Å². The highest BCUT2D eigenvalue weighted by molar-refractivity contribution is 5.84. The summed E-state index contributed by atoms with van der Waals surface area (Å²) in [5.74, 6) is -0.384. The van der Waals surface area contributed by atoms with Gasteiger partial charge >= 0.3 is 5.97 Å². The second-order valence-electron chi connectivity index (χ2n) is 1.33. The van der Waals surface area contributed by atoms with E-state index in [1.165, 1.54) is 13.4 Å². The van der Waals surface area contributed by atoms with Crippen LogP contribution in [-0.4, -0.2) is 28.3 Å². The minimum absolute atomic E-state index is 0.123. The molecule has 0 amide bonds. The normalized spacial score (nSPS) is 7.15. The molecule has 1 heterocycles. The van der Waals surface area contributed by atoms with Crippen LogP contribution >= 0.6 is 0 Å². The number of ether oxygens (including phenoxy) is 1. The Hall–Kier alpha value is -1.39. The maximum atomic E-state index is 10.5. The van der Waals surface area contributed by atoms with E-state index in [9.17, 15) is 4.79 Å². The van der Waals surface area contributed by atoms with Crippen LogP contribution in [0.4, 0.5) is 0 Å². The average Bonchev–Trinajstić information content (AvgIpc) is 2.76. The summed E-state index contributed by atoms with van der Waals surface area (Å²) >= 11 is 0. The fourth-order valence-corrected chi connectivity index (χ4v) is 0.401. The molecule has 0 spiro atoms. The Bertz CT molecular complexity index is 197. The predicted molar refractivity (Wildman–Crippen MR) is 50.4 cm³/mol. The third-order valence-electron chi connectivity index (χ3n) is 0.794. The molecule has 0 saturated heterocycles. The van der Waals surface area contributed by atoms with Gasteiger partial charge in [0.05, 0.1) is 7.11 Å². The van der Waals surface area contributed by atoms with Crippen LogP contribution in [0.3, 0.4) is 0 Å². The van der Waals surface area contributed by atoms with Crippen LogP contribution in [0, 0.1) is 0 Å². The van der Waals surface area contributed by atoms with Gasteiger partial charge in [0.2, 0.25) is 5.82 Å². The Kier molecular flexibility index (Phi) is 11.6. The minimum atomic E-state index is -0.507. The Morgan fingerprint density at radius 1 is 1.38 bits per heavy atom. The zero-order valence-corrected chi connectivity index (χ0v) is 8.79. The second-order valence-corrected chi connectivity index (χ2v) is 1.33. The molecule has 1 aromatic rings. The number of carbonyl (C=O) groups is 1. The number of nitrogens with zero attached hydrogens (tertiary/aromatic N) is 2. The lowest BCUT2D eigenvalue weighted by atomic mass is 10.6. The number of hydrogen-bond acceptors (Lipinski definition) is 4. The molecule has 0 bridgehead atoms. The van der Waals surface area contributed by atoms with E-state index >= 15 is 0 Å². The van der Waals surface area contributed by atoms with Gasteiger partial charge in [-0.3, -0.25) is 5.10 Å². The van der Waals surface area contributed by atoms with Gasteiger partial charge in [0.1, 0.15) is 6.33 Å². The molecule has 1 aromatic heterocycles. The summed E-state index contributed by atoms with van der Waals surface area (Å²) in [6, 6.07) is 0. The molecule has 76 valence electrons. The number of aromatic amines is 1. The van der Waals surface area contributed by atoms with Gasteiger partial charge in [0.25, 0.3) is 0 Å². The number of H-pyrrole nitrogens is 1. The van der Waals surface area contributed by atoms with E-state index in [0.717, 1.165) is 0 Å². The largest absolute Gasteiger partial charge is 0.463 e. The zero-order valence-electron chi connectivity index (χ0n) is 8.79. The van der Waals surface area contributed by atoms with Crippen molar-refractivity contribution < 1.29 is 9.53 Å². The van der Waals surface area contributed by atoms with Crippen molar-refractivity contribution in [3.8, 4) is 0 Å². The van der Waals surface area contributed by atoms with Gasteiger partial charge in [-0.15, -0.1) is 0 Å². The zero-order chi connectivity index (χ0) is 10.7. The molecule has 0 atom stereocenters. The minimum Gasteiger partial charge on any atom is -0.463 e. The van der Waals surface area contributed by atoms with Gasteiger partial charge in [-0.2, -0.15) is 5.10 Å². The topological polar surface area (TPSA) is 67.9 Å². The number of hydrogen-bond donors (Lipinski definition) is 1. The summed E-state index contributed by atoms with van der Waals surface area (Å²) in [4.78, 5) is 14.1. The smallest absolute Gasteiger partial charge is 0.375 e. The number of carbonyl (C=O) groups excluding carboxylic acids is 1. The maximum absolute atomic E-state index is 10.5. The van der Waals surface area contributed by atoms with E-state index in [4.69, 9.17) is 0 Å². The van der Waals surface area contributed by atoms with Crippen LogP contribution in [0.5, 0.6) is 0 Å². The van der Waals surface area contributed by atoms with Gasteiger partial charge in [-0.25, -0.2) is 9.78 Å². The summed E-state index contributed by atoms with van der Waals surface area (Å²) < 4.78 is 4.32. The summed E-state index contributed by atoms with van der Waals surface area (Å²) in [6.45, 7) is 8.00. The number of methoxy groups -OCH3 is 1. The lowest BCUT2D eigenvalue weighted by Crippen LogP contribution is -2.02. The summed E-state index contributed by atoms with van der Waals surface area (Å²) in [6.07, 6.45) is 1.24. The fraction of sp³-hybridized carbons (Fsp3) is 0.625. The fourth-order valence-electron chi connectivity index (χ4n) is 0.401. The molecule has 5 nitrogen and oxygen atoms in total. The van der Waals surface area contributed by atoms with E-state index in [1.807, 2.05) is 27.7 Å². The van der Waals surface area contributed by atoms with E-state index < -0.39 is 5.97 Å². The highest BCUT2D eigenvalue weighted by Gasteiger charge is 2.05. The molecule has 13 heavy (non-hydrogen) atoms. The van der Waals surface area contributed by atoms with Gasteiger partial charge in [-0.1, -0.05) is 27.7 Å². The molecule has 0 saturated carbocycles. The van der Waals surface area contributed by atoms with Gasteiger partial charge < -0.3 is 4.74 Å². The molecular weight excluding hydrogens is 170 g/mol. The van der Waals surface area contributed by atoms with Crippen LogP contribution in [-0.2, 0) is 4.74 Å². The SMILES string of the molecule is CC.CC.COC(=O)c1ncn[nH]1. The van der Waals surface area contributed by atoms with Crippen molar-refractivity contribution in [1.82, 2.24) is 15.2 Å². The molecule has 0 aromatic carbocycles. The Labute approximate surface area is 78.5 Å². The number of esters is 1. The third-order valence-corrected chi connectivity index (χ3v) is 0.794. The Morgan fingerprint density at radius 3 is 2.23 bits per heavy atom. The quantitative estimate of drug-likeness (QED) is 0.679. The first-order valence-corrected chi connectivity index (χ1v) is 4.28. The highest BCUT2D eigenvalue weighted by atomic mass is 16.5. The average molecular weight is 187 g/mol. The van der Waals surface area contributed by atoms with Crippen molar-refractivity contribution in [1.29, 1.82) is 0 Å². The number of nitrogens with one attached hydrogen (secondary N) is 1. The lowest BCUT2D eigenvalue weighted by Gasteiger charge is -1.88. The van der Waals surface area contributed by atoms with E-state index in [-0.39, 0.29) is 5.82 Å². The molecule has 0 aliphatic rings. The van der Waals surface area contributed by atoms with Gasteiger partial charge in [0, 0.05) is 0 Å². The van der Waals surface area contributed by atoms with Crippen molar-refractivity contribution >= 4 is 5.97 Å². The van der Waals surface area contributed by atoms with Crippen molar-refractivity contribution in [3.63, 3.8) is 0 Å². The molecule has 0 unspecified atom stereocenters. The summed E-state index contributed by atoms with van der Waals surface area (Å²) in [5, 5.41) is 5.81. The van der Waals surface area contributed by atoms with Crippen LogP contribution in [0.2, 0.25) is 0 Å².